The van der Waals surface area contributed by atoms with Gasteiger partial charge in [-0.05, 0) is 67.6 Å². The molecule has 9 nitrogen and oxygen atoms in total. The Balaban J connectivity index is 1.85. The minimum absolute atomic E-state index is 0.110. The number of carbonyl (C=O) groups is 2. The Bertz CT molecular complexity index is 1390. The predicted molar refractivity (Wildman–Crippen MR) is 167 cm³/mol. The van der Waals surface area contributed by atoms with Gasteiger partial charge in [-0.15, -0.1) is 0 Å². The van der Waals surface area contributed by atoms with Crippen LogP contribution in [-0.2, 0) is 37.3 Å². The number of benzene rings is 3. The SMILES string of the molecule is CCNS(=O)(=O)c1ccc(CCC(=O)N(Cc2ccc(OC)cc2)[C@@H](C(=O)NCCCOC(C)C)c2ccccc2)cc1. The Morgan fingerprint density at radius 1 is 0.907 bits per heavy atom. The molecule has 1 atom stereocenters. The van der Waals surface area contributed by atoms with Gasteiger partial charge in [0.2, 0.25) is 21.8 Å². The van der Waals surface area contributed by atoms with Crippen molar-refractivity contribution in [2.24, 2.45) is 0 Å². The summed E-state index contributed by atoms with van der Waals surface area (Å²) in [6.07, 6.45) is 1.28. The molecule has 3 aromatic carbocycles. The lowest BCUT2D eigenvalue weighted by Crippen LogP contribution is -2.44. The first-order chi connectivity index (χ1) is 20.6. The lowest BCUT2D eigenvalue weighted by atomic mass is 10.0. The van der Waals surface area contributed by atoms with E-state index >= 15 is 0 Å². The Morgan fingerprint density at radius 2 is 1.56 bits per heavy atom. The van der Waals surface area contributed by atoms with Crippen LogP contribution in [0.1, 0.15) is 56.3 Å². The summed E-state index contributed by atoms with van der Waals surface area (Å²) in [6, 6.07) is 22.3. The number of aryl methyl sites for hydroxylation is 1. The van der Waals surface area contributed by atoms with Crippen LogP contribution in [0.25, 0.3) is 0 Å². The van der Waals surface area contributed by atoms with Gasteiger partial charge in [0.05, 0.1) is 18.1 Å². The maximum atomic E-state index is 13.9. The molecular weight excluding hydrogens is 566 g/mol. The van der Waals surface area contributed by atoms with Gasteiger partial charge in [-0.25, -0.2) is 13.1 Å². The number of amides is 2. The van der Waals surface area contributed by atoms with E-state index in [-0.39, 0.29) is 35.8 Å². The van der Waals surface area contributed by atoms with Crippen LogP contribution in [0.4, 0.5) is 0 Å². The molecule has 2 N–H and O–H groups in total. The second-order valence-electron chi connectivity index (χ2n) is 10.4. The van der Waals surface area contributed by atoms with Crippen molar-refractivity contribution in [2.45, 2.75) is 63.6 Å². The Labute approximate surface area is 255 Å². The fourth-order valence-electron chi connectivity index (χ4n) is 4.56. The van der Waals surface area contributed by atoms with Crippen molar-refractivity contribution in [3.8, 4) is 5.75 Å². The van der Waals surface area contributed by atoms with E-state index in [1.165, 1.54) is 12.1 Å². The molecule has 10 heteroatoms. The largest absolute Gasteiger partial charge is 0.497 e. The Kier molecular flexibility index (Phi) is 13.2. The number of sulfonamides is 1. The fraction of sp³-hybridized carbons (Fsp3) is 0.394. The summed E-state index contributed by atoms with van der Waals surface area (Å²) in [6.45, 7) is 7.11. The number of ether oxygens (including phenoxy) is 2. The molecule has 2 amide bonds. The van der Waals surface area contributed by atoms with Crippen LogP contribution in [0.3, 0.4) is 0 Å². The molecule has 0 saturated carbocycles. The molecule has 43 heavy (non-hydrogen) atoms. The van der Waals surface area contributed by atoms with Gasteiger partial charge < -0.3 is 19.7 Å². The van der Waals surface area contributed by atoms with E-state index < -0.39 is 16.1 Å². The predicted octanol–water partition coefficient (Wildman–Crippen LogP) is 4.63. The average molecular weight is 610 g/mol. The van der Waals surface area contributed by atoms with Gasteiger partial charge in [0.1, 0.15) is 11.8 Å². The lowest BCUT2D eigenvalue weighted by molar-refractivity contribution is -0.141. The zero-order valence-electron chi connectivity index (χ0n) is 25.4. The third kappa shape index (κ3) is 10.5. The van der Waals surface area contributed by atoms with Crippen molar-refractivity contribution in [1.29, 1.82) is 0 Å². The third-order valence-corrected chi connectivity index (χ3v) is 8.34. The van der Waals surface area contributed by atoms with Gasteiger partial charge in [-0.2, -0.15) is 0 Å². The maximum Gasteiger partial charge on any atom is 0.247 e. The molecule has 0 radical (unpaired) electrons. The van der Waals surface area contributed by atoms with Crippen LogP contribution in [-0.4, -0.2) is 58.0 Å². The molecule has 0 aliphatic rings. The fourth-order valence-corrected chi connectivity index (χ4v) is 5.60. The molecule has 232 valence electrons. The van der Waals surface area contributed by atoms with Crippen LogP contribution < -0.4 is 14.8 Å². The minimum Gasteiger partial charge on any atom is -0.497 e. The molecule has 0 bridgehead atoms. The molecule has 0 aromatic heterocycles. The molecule has 0 aliphatic carbocycles. The molecular formula is C33H43N3O6S. The van der Waals surface area contributed by atoms with Gasteiger partial charge >= 0.3 is 0 Å². The van der Waals surface area contributed by atoms with E-state index in [2.05, 4.69) is 10.0 Å². The van der Waals surface area contributed by atoms with E-state index in [0.717, 1.165) is 11.1 Å². The number of rotatable bonds is 17. The molecule has 0 fully saturated rings. The normalized spacial score (nSPS) is 12.1. The molecule has 3 rings (SSSR count). The Hall–Kier alpha value is -3.73. The van der Waals surface area contributed by atoms with Crippen molar-refractivity contribution >= 4 is 21.8 Å². The van der Waals surface area contributed by atoms with Gasteiger partial charge in [0, 0.05) is 32.7 Å². The summed E-state index contributed by atoms with van der Waals surface area (Å²) in [7, 11) is -1.97. The van der Waals surface area contributed by atoms with Crippen molar-refractivity contribution in [3.63, 3.8) is 0 Å². The summed E-state index contributed by atoms with van der Waals surface area (Å²) in [5.41, 5.74) is 2.38. The second-order valence-corrected chi connectivity index (χ2v) is 12.2. The quantitative estimate of drug-likeness (QED) is 0.216. The van der Waals surface area contributed by atoms with E-state index in [9.17, 15) is 18.0 Å². The van der Waals surface area contributed by atoms with E-state index in [1.54, 1.807) is 31.1 Å². The summed E-state index contributed by atoms with van der Waals surface area (Å²) < 4.78 is 38.0. The summed E-state index contributed by atoms with van der Waals surface area (Å²) >= 11 is 0. The minimum atomic E-state index is -3.57. The highest BCUT2D eigenvalue weighted by molar-refractivity contribution is 7.89. The number of nitrogens with one attached hydrogen (secondary N) is 2. The summed E-state index contributed by atoms with van der Waals surface area (Å²) in [5.74, 6) is 0.227. The third-order valence-electron chi connectivity index (χ3n) is 6.77. The monoisotopic (exact) mass is 609 g/mol. The van der Waals surface area contributed by atoms with Crippen LogP contribution in [0.15, 0.2) is 83.8 Å². The van der Waals surface area contributed by atoms with Crippen molar-refractivity contribution < 1.29 is 27.5 Å². The molecule has 0 unspecified atom stereocenters. The van der Waals surface area contributed by atoms with Crippen LogP contribution in [0.5, 0.6) is 5.75 Å². The maximum absolute atomic E-state index is 13.9. The number of hydrogen-bond donors (Lipinski definition) is 2. The zero-order chi connectivity index (χ0) is 31.2. The second kappa shape index (κ2) is 16.8. The molecule has 3 aromatic rings. The lowest BCUT2D eigenvalue weighted by Gasteiger charge is -2.32. The first kappa shape index (κ1) is 33.8. The highest BCUT2D eigenvalue weighted by Crippen LogP contribution is 2.26. The summed E-state index contributed by atoms with van der Waals surface area (Å²) in [5, 5.41) is 3.00. The van der Waals surface area contributed by atoms with E-state index in [0.29, 0.717) is 43.9 Å². The Morgan fingerprint density at radius 3 is 2.16 bits per heavy atom. The van der Waals surface area contributed by atoms with Gasteiger partial charge in [-0.1, -0.05) is 61.5 Å². The highest BCUT2D eigenvalue weighted by Gasteiger charge is 2.31. The zero-order valence-corrected chi connectivity index (χ0v) is 26.2. The standard InChI is InChI=1S/C33H43N3O6S/c1-5-35-43(39,40)30-19-14-26(15-20-30)16-21-31(37)36(24-27-12-17-29(41-4)18-13-27)32(28-10-7-6-8-11-28)33(38)34-22-9-23-42-25(2)3/h6-8,10-15,17-20,25,32,35H,5,9,16,21-24H2,1-4H3,(H,34,38)/t32-/m1/s1. The van der Waals surface area contributed by atoms with E-state index in [1.807, 2.05) is 68.4 Å². The average Bonchev–Trinajstić information content (AvgIpc) is 3.00. The van der Waals surface area contributed by atoms with Gasteiger partial charge in [0.15, 0.2) is 0 Å². The molecule has 0 heterocycles. The van der Waals surface area contributed by atoms with E-state index in [4.69, 9.17) is 9.47 Å². The number of carbonyl (C=O) groups excluding carboxylic acids is 2. The first-order valence-corrected chi connectivity index (χ1v) is 16.1. The van der Waals surface area contributed by atoms with Crippen molar-refractivity contribution in [1.82, 2.24) is 14.9 Å². The van der Waals surface area contributed by atoms with Crippen LogP contribution >= 0.6 is 0 Å². The molecule has 0 aliphatic heterocycles. The summed E-state index contributed by atoms with van der Waals surface area (Å²) in [4.78, 5) is 29.4. The number of methoxy groups -OCH3 is 1. The highest BCUT2D eigenvalue weighted by atomic mass is 32.2. The van der Waals surface area contributed by atoms with Crippen molar-refractivity contribution in [3.05, 3.63) is 95.6 Å². The van der Waals surface area contributed by atoms with Gasteiger partial charge in [-0.3, -0.25) is 9.59 Å². The number of hydrogen-bond acceptors (Lipinski definition) is 6. The molecule has 0 saturated heterocycles. The van der Waals surface area contributed by atoms with Crippen LogP contribution in [0.2, 0.25) is 0 Å². The van der Waals surface area contributed by atoms with Crippen molar-refractivity contribution in [2.75, 3.05) is 26.8 Å². The smallest absolute Gasteiger partial charge is 0.247 e. The first-order valence-electron chi connectivity index (χ1n) is 14.6. The number of nitrogens with zero attached hydrogens (tertiary/aromatic N) is 1. The molecule has 0 spiro atoms. The topological polar surface area (TPSA) is 114 Å². The van der Waals surface area contributed by atoms with Gasteiger partial charge in [0.25, 0.3) is 0 Å². The van der Waals surface area contributed by atoms with Crippen LogP contribution in [0, 0.1) is 0 Å².